The van der Waals surface area contributed by atoms with E-state index >= 15 is 0 Å². The van der Waals surface area contributed by atoms with Crippen molar-refractivity contribution in [2.45, 2.75) is 26.0 Å². The molecule has 2 aliphatic rings. The number of para-hydroxylation sites is 2. The van der Waals surface area contributed by atoms with Gasteiger partial charge in [-0.05, 0) is 25.1 Å². The lowest BCUT2D eigenvalue weighted by Crippen LogP contribution is -2.55. The highest BCUT2D eigenvalue weighted by atomic mass is 16.6. The van der Waals surface area contributed by atoms with Gasteiger partial charge in [0.2, 0.25) is 0 Å². The number of piperazine rings is 1. The number of guanidine groups is 1. The third kappa shape index (κ3) is 5.52. The van der Waals surface area contributed by atoms with Crippen molar-refractivity contribution in [1.82, 2.24) is 20.4 Å². The summed E-state index contributed by atoms with van der Waals surface area (Å²) in [5, 5.41) is 6.89. The molecule has 0 aliphatic carbocycles. The van der Waals surface area contributed by atoms with E-state index < -0.39 is 0 Å². The summed E-state index contributed by atoms with van der Waals surface area (Å²) in [4.78, 5) is 9.37. The lowest BCUT2D eigenvalue weighted by molar-refractivity contribution is 0.0890. The van der Waals surface area contributed by atoms with Crippen LogP contribution in [0.15, 0.2) is 29.3 Å². The maximum Gasteiger partial charge on any atom is 0.191 e. The molecular weight excluding hydrogens is 354 g/mol. The Morgan fingerprint density at radius 3 is 2.54 bits per heavy atom. The highest BCUT2D eigenvalue weighted by Gasteiger charge is 2.25. The van der Waals surface area contributed by atoms with Gasteiger partial charge in [-0.2, -0.15) is 0 Å². The fourth-order valence-corrected chi connectivity index (χ4v) is 3.74. The summed E-state index contributed by atoms with van der Waals surface area (Å²) in [6.07, 6.45) is -0.0352. The number of nitrogens with zero attached hydrogens (tertiary/aromatic N) is 3. The highest BCUT2D eigenvalue weighted by molar-refractivity contribution is 5.79. The molecule has 0 saturated carbocycles. The molecule has 7 heteroatoms. The molecule has 3 rings (SSSR count). The first-order chi connectivity index (χ1) is 13.6. The first-order valence-electron chi connectivity index (χ1n) is 10.3. The summed E-state index contributed by atoms with van der Waals surface area (Å²) in [5.41, 5.74) is 0. The van der Waals surface area contributed by atoms with Crippen molar-refractivity contribution in [3.8, 4) is 11.5 Å². The number of aliphatic imine (C=N–C) groups is 1. The summed E-state index contributed by atoms with van der Waals surface area (Å²) < 4.78 is 11.8. The Labute approximate surface area is 169 Å². The van der Waals surface area contributed by atoms with Gasteiger partial charge in [-0.3, -0.25) is 9.89 Å². The zero-order valence-corrected chi connectivity index (χ0v) is 17.6. The molecule has 2 heterocycles. The van der Waals surface area contributed by atoms with E-state index in [0.29, 0.717) is 25.1 Å². The van der Waals surface area contributed by atoms with Gasteiger partial charge in [-0.25, -0.2) is 0 Å². The summed E-state index contributed by atoms with van der Waals surface area (Å²) in [6.45, 7) is 11.2. The number of ether oxygens (including phenoxy) is 2. The molecule has 0 aromatic heterocycles. The minimum absolute atomic E-state index is 0.0352. The molecule has 7 nitrogen and oxygen atoms in total. The van der Waals surface area contributed by atoms with Crippen LogP contribution in [0, 0.1) is 5.92 Å². The Kier molecular flexibility index (Phi) is 7.39. The molecule has 1 fully saturated rings. The number of fused-ring (bicyclic) bond motifs is 1. The van der Waals surface area contributed by atoms with Crippen LogP contribution in [0.1, 0.15) is 13.8 Å². The number of nitrogens with one attached hydrogen (secondary N) is 2. The van der Waals surface area contributed by atoms with Crippen molar-refractivity contribution in [2.75, 3.05) is 60.0 Å². The lowest BCUT2D eigenvalue weighted by atomic mass is 10.0. The van der Waals surface area contributed by atoms with Crippen LogP contribution in [0.25, 0.3) is 0 Å². The molecule has 2 N–H and O–H groups in total. The van der Waals surface area contributed by atoms with Crippen LogP contribution in [0.4, 0.5) is 0 Å². The van der Waals surface area contributed by atoms with Crippen LogP contribution in [-0.4, -0.2) is 87.9 Å². The van der Waals surface area contributed by atoms with Crippen LogP contribution in [0.5, 0.6) is 11.5 Å². The summed E-state index contributed by atoms with van der Waals surface area (Å²) in [5.74, 6) is 3.01. The van der Waals surface area contributed by atoms with Crippen LogP contribution >= 0.6 is 0 Å². The van der Waals surface area contributed by atoms with Gasteiger partial charge in [0.1, 0.15) is 12.7 Å². The molecule has 1 aromatic rings. The van der Waals surface area contributed by atoms with Crippen LogP contribution < -0.4 is 20.1 Å². The molecular formula is C21H35N5O2. The third-order valence-electron chi connectivity index (χ3n) is 5.54. The van der Waals surface area contributed by atoms with E-state index in [1.54, 1.807) is 0 Å². The summed E-state index contributed by atoms with van der Waals surface area (Å²) in [6, 6.07) is 8.29. The highest BCUT2D eigenvalue weighted by Crippen LogP contribution is 2.30. The van der Waals surface area contributed by atoms with Gasteiger partial charge < -0.3 is 25.0 Å². The molecule has 156 valence electrons. The quantitative estimate of drug-likeness (QED) is 0.564. The SMILES string of the molecule is CN=C(NCC1COc2ccccc2O1)NCC(C(C)C)N1CCN(C)CC1. The maximum absolute atomic E-state index is 6.01. The molecule has 2 aliphatic heterocycles. The van der Waals surface area contributed by atoms with E-state index in [1.807, 2.05) is 31.3 Å². The minimum atomic E-state index is -0.0352. The molecule has 0 amide bonds. The average Bonchev–Trinajstić information content (AvgIpc) is 2.71. The zero-order chi connectivity index (χ0) is 19.9. The van der Waals surface area contributed by atoms with E-state index in [9.17, 15) is 0 Å². The number of hydrogen-bond acceptors (Lipinski definition) is 5. The second-order valence-electron chi connectivity index (χ2n) is 7.98. The van der Waals surface area contributed by atoms with Crippen LogP contribution in [-0.2, 0) is 0 Å². The molecule has 28 heavy (non-hydrogen) atoms. The third-order valence-corrected chi connectivity index (χ3v) is 5.54. The van der Waals surface area contributed by atoms with E-state index in [1.165, 1.54) is 0 Å². The Balaban J connectivity index is 1.46. The van der Waals surface area contributed by atoms with E-state index in [-0.39, 0.29) is 6.10 Å². The van der Waals surface area contributed by atoms with E-state index in [0.717, 1.165) is 50.2 Å². The van der Waals surface area contributed by atoms with E-state index in [2.05, 4.69) is 46.3 Å². The molecule has 0 spiro atoms. The number of likely N-dealkylation sites (N-methyl/N-ethyl adjacent to an activating group) is 1. The molecule has 1 aromatic carbocycles. The standard InChI is InChI=1S/C21H35N5O2/c1-16(2)18(26-11-9-25(4)10-12-26)14-24-21(22-3)23-13-17-15-27-19-7-5-6-8-20(19)28-17/h5-8,16-18H,9-15H2,1-4H3,(H2,22,23,24). The van der Waals surface area contributed by atoms with Crippen molar-refractivity contribution >= 4 is 5.96 Å². The van der Waals surface area contributed by atoms with Gasteiger partial charge in [-0.15, -0.1) is 0 Å². The van der Waals surface area contributed by atoms with Gasteiger partial charge in [-0.1, -0.05) is 26.0 Å². The second kappa shape index (κ2) is 9.98. The van der Waals surface area contributed by atoms with Crippen molar-refractivity contribution in [2.24, 2.45) is 10.9 Å². The molecule has 2 atom stereocenters. The lowest BCUT2D eigenvalue weighted by Gasteiger charge is -2.40. The average molecular weight is 390 g/mol. The first kappa shape index (κ1) is 20.7. The predicted molar refractivity (Wildman–Crippen MR) is 113 cm³/mol. The van der Waals surface area contributed by atoms with Crippen molar-refractivity contribution in [3.05, 3.63) is 24.3 Å². The maximum atomic E-state index is 6.01. The Morgan fingerprint density at radius 2 is 1.86 bits per heavy atom. The Bertz CT molecular complexity index is 643. The monoisotopic (exact) mass is 389 g/mol. The Morgan fingerprint density at radius 1 is 1.14 bits per heavy atom. The van der Waals surface area contributed by atoms with Gasteiger partial charge in [0.05, 0.1) is 6.54 Å². The van der Waals surface area contributed by atoms with Gasteiger partial charge in [0.15, 0.2) is 17.5 Å². The molecule has 0 radical (unpaired) electrons. The van der Waals surface area contributed by atoms with Gasteiger partial charge in [0.25, 0.3) is 0 Å². The number of hydrogen-bond donors (Lipinski definition) is 2. The molecule has 2 unspecified atom stereocenters. The Hall–Kier alpha value is -1.99. The van der Waals surface area contributed by atoms with Crippen LogP contribution in [0.3, 0.4) is 0 Å². The normalized spacial score (nSPS) is 22.2. The van der Waals surface area contributed by atoms with E-state index in [4.69, 9.17) is 9.47 Å². The van der Waals surface area contributed by atoms with Crippen molar-refractivity contribution in [1.29, 1.82) is 0 Å². The number of rotatable bonds is 6. The molecule has 0 bridgehead atoms. The van der Waals surface area contributed by atoms with Crippen molar-refractivity contribution in [3.63, 3.8) is 0 Å². The van der Waals surface area contributed by atoms with Crippen molar-refractivity contribution < 1.29 is 9.47 Å². The zero-order valence-electron chi connectivity index (χ0n) is 17.6. The largest absolute Gasteiger partial charge is 0.486 e. The fourth-order valence-electron chi connectivity index (χ4n) is 3.74. The summed E-state index contributed by atoms with van der Waals surface area (Å²) >= 11 is 0. The second-order valence-corrected chi connectivity index (χ2v) is 7.98. The van der Waals surface area contributed by atoms with Gasteiger partial charge >= 0.3 is 0 Å². The summed E-state index contributed by atoms with van der Waals surface area (Å²) in [7, 11) is 4.00. The molecule has 1 saturated heterocycles. The predicted octanol–water partition coefficient (Wildman–Crippen LogP) is 1.26. The number of benzene rings is 1. The minimum Gasteiger partial charge on any atom is -0.486 e. The van der Waals surface area contributed by atoms with Crippen LogP contribution in [0.2, 0.25) is 0 Å². The fraction of sp³-hybridized carbons (Fsp3) is 0.667. The topological polar surface area (TPSA) is 61.4 Å². The smallest absolute Gasteiger partial charge is 0.191 e. The first-order valence-corrected chi connectivity index (χ1v) is 10.3. The van der Waals surface area contributed by atoms with Gasteiger partial charge in [0, 0.05) is 45.8 Å².